The Bertz CT molecular complexity index is 832. The van der Waals surface area contributed by atoms with E-state index in [9.17, 15) is 4.79 Å². The van der Waals surface area contributed by atoms with E-state index in [1.54, 1.807) is 0 Å². The van der Waals surface area contributed by atoms with Gasteiger partial charge in [0.05, 0.1) is 14.1 Å². The molecule has 0 N–H and O–H groups in total. The Hall–Kier alpha value is -2.33. The van der Waals surface area contributed by atoms with Gasteiger partial charge in [0.2, 0.25) is 6.29 Å². The molecule has 0 fully saturated rings. The first-order chi connectivity index (χ1) is 17.4. The summed E-state index contributed by atoms with van der Waals surface area (Å²) in [4.78, 5) is 12.7. The summed E-state index contributed by atoms with van der Waals surface area (Å²) in [5.41, 5.74) is 2.55. The molecule has 0 aromatic heterocycles. The van der Waals surface area contributed by atoms with E-state index in [1.165, 1.54) is 68.9 Å². The number of carbonyl (C=O) groups is 1. The van der Waals surface area contributed by atoms with Crippen molar-refractivity contribution >= 4 is 5.97 Å². The van der Waals surface area contributed by atoms with Crippen molar-refractivity contribution in [2.45, 2.75) is 104 Å². The minimum atomic E-state index is -0.553. The third-order valence-corrected chi connectivity index (χ3v) is 6.56. The van der Waals surface area contributed by atoms with Gasteiger partial charge in [-0.25, -0.2) is 4.79 Å². The summed E-state index contributed by atoms with van der Waals surface area (Å²) in [6.07, 6.45) is 14.3. The van der Waals surface area contributed by atoms with Crippen LogP contribution in [0.4, 0.5) is 0 Å². The third-order valence-electron chi connectivity index (χ3n) is 6.56. The molecule has 0 spiro atoms. The molecule has 0 aliphatic carbocycles. The Kier molecular flexibility index (Phi) is 14.3. The Morgan fingerprint density at radius 1 is 0.750 bits per heavy atom. The number of esters is 1. The van der Waals surface area contributed by atoms with Crippen LogP contribution in [-0.2, 0) is 22.5 Å². The number of benzene rings is 2. The SMILES string of the molecule is CCCCCCCCCCCc1ccc(OC(CCC)OC(=O)C[N+](C)(C)Cc2ccccc2)cc1. The summed E-state index contributed by atoms with van der Waals surface area (Å²) >= 11 is 0. The van der Waals surface area contributed by atoms with Crippen LogP contribution in [0.25, 0.3) is 0 Å². The van der Waals surface area contributed by atoms with Gasteiger partial charge in [0.15, 0.2) is 6.54 Å². The number of rotatable bonds is 19. The normalized spacial score (nSPS) is 12.3. The Balaban J connectivity index is 1.72. The van der Waals surface area contributed by atoms with Crippen LogP contribution in [0.15, 0.2) is 54.6 Å². The van der Waals surface area contributed by atoms with Gasteiger partial charge in [-0.2, -0.15) is 0 Å². The molecule has 2 aromatic carbocycles. The summed E-state index contributed by atoms with van der Waals surface area (Å²) < 4.78 is 12.4. The van der Waals surface area contributed by atoms with Gasteiger partial charge in [-0.3, -0.25) is 0 Å². The van der Waals surface area contributed by atoms with Crippen LogP contribution in [0.3, 0.4) is 0 Å². The number of hydrogen-bond donors (Lipinski definition) is 0. The van der Waals surface area contributed by atoms with E-state index in [2.05, 4.69) is 52.2 Å². The molecule has 1 atom stereocenters. The van der Waals surface area contributed by atoms with E-state index in [1.807, 2.05) is 30.3 Å². The minimum absolute atomic E-state index is 0.226. The minimum Gasteiger partial charge on any atom is -0.455 e. The summed E-state index contributed by atoms with van der Waals surface area (Å²) in [7, 11) is 4.10. The van der Waals surface area contributed by atoms with Gasteiger partial charge in [-0.1, -0.05) is 108 Å². The largest absolute Gasteiger partial charge is 0.455 e. The molecule has 2 aromatic rings. The molecule has 0 bridgehead atoms. The Morgan fingerprint density at radius 2 is 1.36 bits per heavy atom. The molecule has 0 saturated heterocycles. The molecular formula is C32H50NO3+. The molecule has 4 nitrogen and oxygen atoms in total. The van der Waals surface area contributed by atoms with Gasteiger partial charge in [0.1, 0.15) is 12.3 Å². The molecule has 2 rings (SSSR count). The van der Waals surface area contributed by atoms with Crippen LogP contribution in [0.5, 0.6) is 5.75 Å². The van der Waals surface area contributed by atoms with E-state index in [4.69, 9.17) is 9.47 Å². The van der Waals surface area contributed by atoms with Crippen molar-refractivity contribution in [1.82, 2.24) is 0 Å². The predicted octanol–water partition coefficient (Wildman–Crippen LogP) is 8.08. The number of likely N-dealkylation sites (N-methyl/N-ethyl adjacent to an activating group) is 1. The predicted molar refractivity (Wildman–Crippen MR) is 150 cm³/mol. The maximum Gasteiger partial charge on any atom is 0.364 e. The fourth-order valence-electron chi connectivity index (χ4n) is 4.57. The fourth-order valence-corrected chi connectivity index (χ4v) is 4.57. The molecular weight excluding hydrogens is 446 g/mol. The van der Waals surface area contributed by atoms with Crippen molar-refractivity contribution in [2.75, 3.05) is 20.6 Å². The molecule has 36 heavy (non-hydrogen) atoms. The average Bonchev–Trinajstić information content (AvgIpc) is 2.84. The van der Waals surface area contributed by atoms with E-state index >= 15 is 0 Å². The highest BCUT2D eigenvalue weighted by molar-refractivity contribution is 5.70. The van der Waals surface area contributed by atoms with Crippen molar-refractivity contribution in [3.8, 4) is 5.75 Å². The summed E-state index contributed by atoms with van der Waals surface area (Å²) in [5, 5.41) is 0. The van der Waals surface area contributed by atoms with Crippen molar-refractivity contribution in [2.24, 2.45) is 0 Å². The number of unbranched alkanes of at least 4 members (excludes halogenated alkanes) is 8. The van der Waals surface area contributed by atoms with Crippen LogP contribution in [0.1, 0.15) is 95.6 Å². The zero-order chi connectivity index (χ0) is 26.1. The first kappa shape index (κ1) is 29.9. The second kappa shape index (κ2) is 17.2. The fraction of sp³-hybridized carbons (Fsp3) is 0.594. The van der Waals surface area contributed by atoms with Gasteiger partial charge in [0.25, 0.3) is 0 Å². The molecule has 0 aliphatic heterocycles. The standard InChI is InChI=1S/C32H50NO3/c1-5-7-8-9-10-11-12-13-15-19-28-22-24-30(25-23-28)35-32(18-6-2)36-31(34)27-33(3,4)26-29-20-16-14-17-21-29/h14,16-17,20-25,32H,5-13,15,18-19,26-27H2,1-4H3/q+1. The van der Waals surface area contributed by atoms with Gasteiger partial charge in [-0.15, -0.1) is 0 Å². The zero-order valence-electron chi connectivity index (χ0n) is 23.3. The van der Waals surface area contributed by atoms with Crippen LogP contribution in [0, 0.1) is 0 Å². The van der Waals surface area contributed by atoms with Gasteiger partial charge in [0, 0.05) is 12.0 Å². The number of carbonyl (C=O) groups excluding carboxylic acids is 1. The van der Waals surface area contributed by atoms with Gasteiger partial charge >= 0.3 is 5.97 Å². The Morgan fingerprint density at radius 3 is 1.97 bits per heavy atom. The zero-order valence-corrected chi connectivity index (χ0v) is 23.3. The quantitative estimate of drug-likeness (QED) is 0.0853. The lowest BCUT2D eigenvalue weighted by molar-refractivity contribution is -0.896. The summed E-state index contributed by atoms with van der Waals surface area (Å²) in [6.45, 7) is 5.42. The molecule has 0 saturated carbocycles. The van der Waals surface area contributed by atoms with Crippen LogP contribution >= 0.6 is 0 Å². The van der Waals surface area contributed by atoms with Crippen LogP contribution in [-0.4, -0.2) is 37.4 Å². The van der Waals surface area contributed by atoms with E-state index < -0.39 is 6.29 Å². The first-order valence-electron chi connectivity index (χ1n) is 14.2. The van der Waals surface area contributed by atoms with Crippen molar-refractivity contribution in [3.63, 3.8) is 0 Å². The lowest BCUT2D eigenvalue weighted by Crippen LogP contribution is -2.44. The molecule has 200 valence electrons. The van der Waals surface area contributed by atoms with E-state index in [0.717, 1.165) is 25.1 Å². The van der Waals surface area contributed by atoms with Crippen molar-refractivity contribution < 1.29 is 18.8 Å². The smallest absolute Gasteiger partial charge is 0.364 e. The second-order valence-electron chi connectivity index (χ2n) is 10.8. The number of hydrogen-bond acceptors (Lipinski definition) is 3. The van der Waals surface area contributed by atoms with Crippen LogP contribution < -0.4 is 4.74 Å². The highest BCUT2D eigenvalue weighted by Gasteiger charge is 2.24. The molecule has 0 aliphatic rings. The highest BCUT2D eigenvalue weighted by atomic mass is 16.7. The molecule has 1 unspecified atom stereocenters. The number of nitrogens with zero attached hydrogens (tertiary/aromatic N) is 1. The third kappa shape index (κ3) is 13.1. The lowest BCUT2D eigenvalue weighted by atomic mass is 10.0. The maximum absolute atomic E-state index is 12.7. The summed E-state index contributed by atoms with van der Waals surface area (Å²) in [6, 6.07) is 18.6. The average molecular weight is 497 g/mol. The van der Waals surface area contributed by atoms with Crippen LogP contribution in [0.2, 0.25) is 0 Å². The monoisotopic (exact) mass is 496 g/mol. The van der Waals surface area contributed by atoms with Crippen molar-refractivity contribution in [1.29, 1.82) is 0 Å². The first-order valence-corrected chi connectivity index (χ1v) is 14.2. The second-order valence-corrected chi connectivity index (χ2v) is 10.8. The topological polar surface area (TPSA) is 35.5 Å². The molecule has 4 heteroatoms. The molecule has 0 amide bonds. The summed E-state index contributed by atoms with van der Waals surface area (Å²) in [5.74, 6) is 0.534. The lowest BCUT2D eigenvalue weighted by Gasteiger charge is -2.29. The van der Waals surface area contributed by atoms with Crippen molar-refractivity contribution in [3.05, 3.63) is 65.7 Å². The van der Waals surface area contributed by atoms with Gasteiger partial charge < -0.3 is 14.0 Å². The number of aryl methyl sites for hydroxylation is 1. The van der Waals surface area contributed by atoms with E-state index in [-0.39, 0.29) is 5.97 Å². The molecule has 0 radical (unpaired) electrons. The highest BCUT2D eigenvalue weighted by Crippen LogP contribution is 2.19. The number of quaternary nitrogens is 1. The number of ether oxygens (including phenoxy) is 2. The maximum atomic E-state index is 12.7. The molecule has 0 heterocycles. The Labute approximate surface area is 220 Å². The van der Waals surface area contributed by atoms with Gasteiger partial charge in [-0.05, 0) is 37.0 Å². The van der Waals surface area contributed by atoms with E-state index in [0.29, 0.717) is 17.4 Å².